The Balaban J connectivity index is 2.18. The van der Waals surface area contributed by atoms with Crippen LogP contribution in [0.4, 0.5) is 14.5 Å². The number of benzene rings is 2. The summed E-state index contributed by atoms with van der Waals surface area (Å²) in [6.45, 7) is 0. The average Bonchev–Trinajstić information content (AvgIpc) is 3.17. The van der Waals surface area contributed by atoms with Crippen LogP contribution in [-0.4, -0.2) is 56.8 Å². The van der Waals surface area contributed by atoms with Crippen LogP contribution >= 0.6 is 11.6 Å². The molecule has 0 radical (unpaired) electrons. The van der Waals surface area contributed by atoms with Gasteiger partial charge in [-0.25, -0.2) is 18.3 Å². The molecule has 182 valence electrons. The van der Waals surface area contributed by atoms with E-state index in [0.717, 1.165) is 12.1 Å². The highest BCUT2D eigenvalue weighted by molar-refractivity contribution is 6.31. The Morgan fingerprint density at radius 1 is 1.03 bits per heavy atom. The van der Waals surface area contributed by atoms with Crippen molar-refractivity contribution in [3.63, 3.8) is 0 Å². The normalized spacial score (nSPS) is 16.8. The molecule has 0 fully saturated rings. The molecular formula is C18H15ClF2N4O9. The number of carbonyl (C=O) groups is 1. The molecule has 0 spiro atoms. The fraction of sp³-hybridized carbons (Fsp3) is 0.222. The van der Waals surface area contributed by atoms with Crippen LogP contribution in [0.15, 0.2) is 29.1 Å². The number of aliphatic hydroxyl groups is 7. The number of alkyl halides is 1. The van der Waals surface area contributed by atoms with E-state index in [9.17, 15) is 43.9 Å². The second kappa shape index (κ2) is 7.17. The first kappa shape index (κ1) is 24.0. The van der Waals surface area contributed by atoms with Crippen molar-refractivity contribution in [2.24, 2.45) is 0 Å². The lowest BCUT2D eigenvalue weighted by Crippen LogP contribution is -2.57. The maximum absolute atomic E-state index is 13.9. The van der Waals surface area contributed by atoms with Gasteiger partial charge in [-0.15, -0.1) is 0 Å². The van der Waals surface area contributed by atoms with Crippen molar-refractivity contribution < 1.29 is 49.3 Å². The summed E-state index contributed by atoms with van der Waals surface area (Å²) < 4.78 is 26.8. The number of fused-ring (bicyclic) bond motifs is 3. The molecular weight excluding hydrogens is 490 g/mol. The monoisotopic (exact) mass is 504 g/mol. The van der Waals surface area contributed by atoms with Crippen molar-refractivity contribution in [3.8, 4) is 0 Å². The summed E-state index contributed by atoms with van der Waals surface area (Å²) >= 11 is 6.10. The maximum atomic E-state index is 13.9. The van der Waals surface area contributed by atoms with Crippen LogP contribution in [0, 0.1) is 5.82 Å². The Morgan fingerprint density at radius 3 is 2.21 bits per heavy atom. The summed E-state index contributed by atoms with van der Waals surface area (Å²) in [6.07, 6.45) is -4.13. The summed E-state index contributed by atoms with van der Waals surface area (Å²) in [4.78, 5) is 25.7. The van der Waals surface area contributed by atoms with E-state index in [4.69, 9.17) is 27.5 Å². The Kier molecular flexibility index (Phi) is 5.06. The van der Waals surface area contributed by atoms with Crippen LogP contribution in [0.25, 0.3) is 11.0 Å². The molecule has 10 N–H and O–H groups in total. The van der Waals surface area contributed by atoms with Crippen molar-refractivity contribution in [3.05, 3.63) is 62.3 Å². The van der Waals surface area contributed by atoms with Gasteiger partial charge in [0.2, 0.25) is 0 Å². The van der Waals surface area contributed by atoms with Crippen molar-refractivity contribution in [2.45, 2.75) is 24.1 Å². The number of nitrogens with zero attached hydrogens (tertiary/aromatic N) is 2. The Morgan fingerprint density at radius 2 is 1.65 bits per heavy atom. The van der Waals surface area contributed by atoms with E-state index in [1.165, 1.54) is 6.07 Å². The van der Waals surface area contributed by atoms with E-state index < -0.39 is 68.4 Å². The lowest BCUT2D eigenvalue weighted by molar-refractivity contribution is -0.452. The Bertz CT molecular complexity index is 1420. The number of rotatable bonds is 4. The molecule has 1 aromatic heterocycles. The standard InChI is InChI=1S/C18H15ClF2N4O9/c19-7-2-1-5(20)3-6(7)12-10-8(22)4-9-13(11(10)14(26)23-12)25(18(32,33)34)15(27)24(9)17(30,31)16(21,28)29/h1-4,12,28-34H,22H2,(H,23,26). The SMILES string of the molecule is Nc1cc2c(c3c1C(c1cc(F)ccc1Cl)NC3=O)n(C(O)(O)O)c(=O)n2C(O)(O)C(O)(O)F. The van der Waals surface area contributed by atoms with Crippen LogP contribution in [0.1, 0.15) is 27.5 Å². The number of aromatic nitrogens is 2. The largest absolute Gasteiger partial charge is 0.398 e. The van der Waals surface area contributed by atoms with Gasteiger partial charge in [0.15, 0.2) is 0 Å². The predicted molar refractivity (Wildman–Crippen MR) is 107 cm³/mol. The number of nitrogens with two attached hydrogens (primary N) is 1. The van der Waals surface area contributed by atoms with Gasteiger partial charge in [0.1, 0.15) is 5.82 Å². The van der Waals surface area contributed by atoms with Crippen LogP contribution in [0.5, 0.6) is 0 Å². The number of imidazole rings is 1. The van der Waals surface area contributed by atoms with Crippen molar-refractivity contribution in [2.75, 3.05) is 5.73 Å². The van der Waals surface area contributed by atoms with Gasteiger partial charge in [0.25, 0.3) is 5.91 Å². The van der Waals surface area contributed by atoms with E-state index in [0.29, 0.717) is 6.07 Å². The second-order valence-electron chi connectivity index (χ2n) is 7.47. The third-order valence-corrected chi connectivity index (χ3v) is 5.64. The molecule has 16 heteroatoms. The first-order valence-electron chi connectivity index (χ1n) is 9.10. The first-order valence-corrected chi connectivity index (χ1v) is 9.48. The molecule has 1 amide bonds. The number of halogens is 3. The molecule has 0 bridgehead atoms. The lowest BCUT2D eigenvalue weighted by atomic mass is 9.95. The van der Waals surface area contributed by atoms with Gasteiger partial charge >= 0.3 is 23.7 Å². The lowest BCUT2D eigenvalue weighted by Gasteiger charge is -2.28. The zero-order valence-electron chi connectivity index (χ0n) is 16.4. The molecule has 34 heavy (non-hydrogen) atoms. The first-order chi connectivity index (χ1) is 15.5. The average molecular weight is 505 g/mol. The van der Waals surface area contributed by atoms with E-state index >= 15 is 0 Å². The van der Waals surface area contributed by atoms with Crippen LogP contribution in [0.3, 0.4) is 0 Å². The summed E-state index contributed by atoms with van der Waals surface area (Å²) in [5.41, 5.74) is 0.790. The van der Waals surface area contributed by atoms with Crippen molar-refractivity contribution in [1.82, 2.24) is 14.5 Å². The minimum Gasteiger partial charge on any atom is -0.398 e. The van der Waals surface area contributed by atoms with Gasteiger partial charge in [0.05, 0.1) is 22.6 Å². The predicted octanol–water partition coefficient (Wildman–Crippen LogP) is -2.24. The zero-order chi connectivity index (χ0) is 25.5. The summed E-state index contributed by atoms with van der Waals surface area (Å²) in [7, 11) is 0. The molecule has 3 aromatic rings. The molecule has 0 saturated heterocycles. The Hall–Kier alpha value is -3.15. The molecule has 0 aliphatic carbocycles. The Labute approximate surface area is 190 Å². The number of nitrogen functional groups attached to an aromatic ring is 1. The number of carbonyl (C=O) groups excluding carboxylic acids is 1. The smallest absolute Gasteiger partial charge is 0.393 e. The maximum Gasteiger partial charge on any atom is 0.393 e. The highest BCUT2D eigenvalue weighted by atomic mass is 35.5. The van der Waals surface area contributed by atoms with Crippen molar-refractivity contribution in [1.29, 1.82) is 0 Å². The fourth-order valence-electron chi connectivity index (χ4n) is 3.90. The molecule has 13 nitrogen and oxygen atoms in total. The molecule has 2 aromatic carbocycles. The van der Waals surface area contributed by atoms with Gasteiger partial charge < -0.3 is 46.8 Å². The molecule has 0 saturated carbocycles. The highest BCUT2D eigenvalue weighted by Crippen LogP contribution is 2.43. The van der Waals surface area contributed by atoms with E-state index in [1.54, 1.807) is 0 Å². The van der Waals surface area contributed by atoms with E-state index in [-0.39, 0.29) is 20.7 Å². The van der Waals surface area contributed by atoms with Crippen LogP contribution in [-0.2, 0) is 12.0 Å². The molecule has 1 aliphatic rings. The molecule has 2 heterocycles. The van der Waals surface area contributed by atoms with Gasteiger partial charge in [-0.3, -0.25) is 4.79 Å². The topological polar surface area (TPSA) is 224 Å². The van der Waals surface area contributed by atoms with E-state index in [1.807, 2.05) is 0 Å². The minimum absolute atomic E-state index is 0.0106. The van der Waals surface area contributed by atoms with Gasteiger partial charge in [-0.2, -0.15) is 4.39 Å². The molecule has 4 rings (SSSR count). The number of amides is 1. The number of anilines is 1. The van der Waals surface area contributed by atoms with Gasteiger partial charge in [0, 0.05) is 21.8 Å². The zero-order valence-corrected chi connectivity index (χ0v) is 17.2. The molecule has 1 atom stereocenters. The quantitative estimate of drug-likeness (QED) is 0.137. The third-order valence-electron chi connectivity index (χ3n) is 5.30. The van der Waals surface area contributed by atoms with E-state index in [2.05, 4.69) is 5.32 Å². The van der Waals surface area contributed by atoms with Gasteiger partial charge in [-0.1, -0.05) is 11.6 Å². The van der Waals surface area contributed by atoms with Crippen LogP contribution < -0.4 is 16.7 Å². The summed E-state index contributed by atoms with van der Waals surface area (Å²) in [5, 5.41) is 69.8. The number of nitrogens with one attached hydrogen (secondary N) is 1. The highest BCUT2D eigenvalue weighted by Gasteiger charge is 2.54. The number of hydrogen-bond acceptors (Lipinski definition) is 10. The molecule has 1 unspecified atom stereocenters. The summed E-state index contributed by atoms with van der Waals surface area (Å²) in [6, 6.07) is -2.30. The second-order valence-corrected chi connectivity index (χ2v) is 7.88. The fourth-order valence-corrected chi connectivity index (χ4v) is 4.12. The molecule has 1 aliphatic heterocycles. The van der Waals surface area contributed by atoms with Gasteiger partial charge in [-0.05, 0) is 24.3 Å². The number of hydrogen-bond donors (Lipinski definition) is 9. The summed E-state index contributed by atoms with van der Waals surface area (Å²) in [5.74, 6) is -6.32. The minimum atomic E-state index is -4.91. The van der Waals surface area contributed by atoms with Crippen molar-refractivity contribution >= 4 is 34.2 Å². The third kappa shape index (κ3) is 3.26. The van der Waals surface area contributed by atoms with Crippen LogP contribution in [0.2, 0.25) is 5.02 Å².